The van der Waals surface area contributed by atoms with Gasteiger partial charge in [0.1, 0.15) is 0 Å². The number of amides is 1. The van der Waals surface area contributed by atoms with E-state index in [1.54, 1.807) is 18.2 Å². The van der Waals surface area contributed by atoms with Gasteiger partial charge in [-0.3, -0.25) is 14.6 Å². The number of benzene rings is 1. The Balaban J connectivity index is 1.98. The van der Waals surface area contributed by atoms with Crippen molar-refractivity contribution in [3.8, 4) is 0 Å². The largest absolute Gasteiger partial charge is 0.481 e. The summed E-state index contributed by atoms with van der Waals surface area (Å²) in [5.41, 5.74) is 1.40. The summed E-state index contributed by atoms with van der Waals surface area (Å²) in [4.78, 5) is 35.2. The lowest BCUT2D eigenvalue weighted by atomic mass is 10.3. The zero-order valence-electron chi connectivity index (χ0n) is 9.63. The van der Waals surface area contributed by atoms with Crippen molar-refractivity contribution in [1.82, 2.24) is 4.98 Å². The van der Waals surface area contributed by atoms with Gasteiger partial charge >= 0.3 is 11.7 Å². The van der Waals surface area contributed by atoms with Gasteiger partial charge in [-0.25, -0.2) is 4.79 Å². The van der Waals surface area contributed by atoms with Crippen molar-refractivity contribution >= 4 is 40.4 Å². The quantitative estimate of drug-likeness (QED) is 0.750. The normalized spacial score (nSPS) is 10.5. The molecule has 2 aromatic rings. The third-order valence-electron chi connectivity index (χ3n) is 2.16. The molecule has 1 aromatic carbocycles. The molecular weight excluding hydrogens is 272 g/mol. The molecule has 0 radical (unpaired) electrons. The third-order valence-corrected chi connectivity index (χ3v) is 3.08. The maximum atomic E-state index is 11.5. The van der Waals surface area contributed by atoms with Crippen LogP contribution in [0.1, 0.15) is 0 Å². The van der Waals surface area contributed by atoms with E-state index in [9.17, 15) is 14.4 Å². The van der Waals surface area contributed by atoms with Crippen LogP contribution in [0.3, 0.4) is 0 Å². The van der Waals surface area contributed by atoms with Gasteiger partial charge in [-0.1, -0.05) is 0 Å². The summed E-state index contributed by atoms with van der Waals surface area (Å²) in [7, 11) is 0. The van der Waals surface area contributed by atoms with Crippen LogP contribution in [0, 0.1) is 0 Å². The second-order valence-corrected chi connectivity index (χ2v) is 4.65. The minimum atomic E-state index is -0.963. The van der Waals surface area contributed by atoms with E-state index < -0.39 is 11.7 Å². The summed E-state index contributed by atoms with van der Waals surface area (Å²) in [6.07, 6.45) is 0. The fourth-order valence-electron chi connectivity index (χ4n) is 1.46. The molecule has 1 amide bonds. The van der Waals surface area contributed by atoms with E-state index in [0.717, 1.165) is 11.8 Å². The first kappa shape index (κ1) is 13.2. The highest BCUT2D eigenvalue weighted by Gasteiger charge is 2.07. The topological polar surface area (TPSA) is 112 Å². The standard InChI is InChI=1S/C11H10N2O5S/c14-9(4-19-5-10(15)16)12-6-1-2-8-7(3-6)13-11(17)18-8/h1-3H,4-5H2,(H,12,14)(H,13,17)(H,15,16). The van der Waals surface area contributed by atoms with Crippen molar-refractivity contribution in [2.24, 2.45) is 0 Å². The molecule has 0 aliphatic carbocycles. The Bertz CT molecular complexity index is 675. The van der Waals surface area contributed by atoms with Crippen LogP contribution in [0.25, 0.3) is 11.1 Å². The second kappa shape index (κ2) is 5.61. The summed E-state index contributed by atoms with van der Waals surface area (Å²) in [5.74, 6) is -1.91. The average molecular weight is 282 g/mol. The number of anilines is 1. The fourth-order valence-corrected chi connectivity index (χ4v) is 1.99. The molecule has 0 aliphatic heterocycles. The summed E-state index contributed by atoms with van der Waals surface area (Å²) < 4.78 is 4.83. The summed E-state index contributed by atoms with van der Waals surface area (Å²) in [6, 6.07) is 4.73. The third kappa shape index (κ3) is 3.62. The van der Waals surface area contributed by atoms with Crippen LogP contribution in [-0.4, -0.2) is 33.5 Å². The number of rotatable bonds is 5. The molecule has 1 aromatic heterocycles. The monoisotopic (exact) mass is 282 g/mol. The number of H-pyrrole nitrogens is 1. The Morgan fingerprint density at radius 3 is 2.89 bits per heavy atom. The number of aromatic nitrogens is 1. The summed E-state index contributed by atoms with van der Waals surface area (Å²) >= 11 is 1.01. The van der Waals surface area contributed by atoms with Crippen molar-refractivity contribution in [1.29, 1.82) is 0 Å². The highest BCUT2D eigenvalue weighted by molar-refractivity contribution is 8.00. The number of carboxylic acid groups (broad SMARTS) is 1. The number of carbonyl (C=O) groups excluding carboxylic acids is 1. The van der Waals surface area contributed by atoms with Crippen LogP contribution >= 0.6 is 11.8 Å². The summed E-state index contributed by atoms with van der Waals surface area (Å²) in [6.45, 7) is 0. The molecule has 3 N–H and O–H groups in total. The molecule has 2 rings (SSSR count). The Morgan fingerprint density at radius 2 is 2.16 bits per heavy atom. The van der Waals surface area contributed by atoms with Crippen LogP contribution in [0.15, 0.2) is 27.4 Å². The minimum Gasteiger partial charge on any atom is -0.481 e. The number of nitrogens with one attached hydrogen (secondary N) is 2. The van der Waals surface area contributed by atoms with E-state index in [2.05, 4.69) is 10.3 Å². The number of carboxylic acids is 1. The predicted molar refractivity (Wildman–Crippen MR) is 70.4 cm³/mol. The van der Waals surface area contributed by atoms with Crippen LogP contribution < -0.4 is 11.1 Å². The first-order valence-electron chi connectivity index (χ1n) is 5.27. The molecule has 19 heavy (non-hydrogen) atoms. The van der Waals surface area contributed by atoms with Gasteiger partial charge in [0.25, 0.3) is 0 Å². The number of carbonyl (C=O) groups is 2. The Labute approximate surface area is 111 Å². The maximum absolute atomic E-state index is 11.5. The van der Waals surface area contributed by atoms with E-state index in [1.165, 1.54) is 0 Å². The maximum Gasteiger partial charge on any atom is 0.417 e. The number of hydrogen-bond acceptors (Lipinski definition) is 5. The van der Waals surface area contributed by atoms with Crippen molar-refractivity contribution in [2.75, 3.05) is 16.8 Å². The minimum absolute atomic E-state index is 0.0479. The SMILES string of the molecule is O=C(O)CSCC(=O)Nc1ccc2oc(=O)[nH]c2c1. The molecule has 0 fully saturated rings. The van der Waals surface area contributed by atoms with Crippen LogP contribution in [0.2, 0.25) is 0 Å². The second-order valence-electron chi connectivity index (χ2n) is 3.66. The van der Waals surface area contributed by atoms with Crippen molar-refractivity contribution < 1.29 is 19.1 Å². The lowest BCUT2D eigenvalue weighted by Gasteiger charge is -2.03. The van der Waals surface area contributed by atoms with Crippen LogP contribution in [0.4, 0.5) is 5.69 Å². The smallest absolute Gasteiger partial charge is 0.417 e. The van der Waals surface area contributed by atoms with E-state index >= 15 is 0 Å². The molecule has 0 saturated carbocycles. The Hall–Kier alpha value is -2.22. The summed E-state index contributed by atoms with van der Waals surface area (Å²) in [5, 5.41) is 11.0. The van der Waals surface area contributed by atoms with Crippen molar-refractivity contribution in [3.63, 3.8) is 0 Å². The Morgan fingerprint density at radius 1 is 1.37 bits per heavy atom. The van der Waals surface area contributed by atoms with Gasteiger partial charge in [-0.05, 0) is 18.2 Å². The molecule has 0 spiro atoms. The first-order chi connectivity index (χ1) is 9.04. The van der Waals surface area contributed by atoms with Gasteiger partial charge in [0.05, 0.1) is 17.0 Å². The van der Waals surface area contributed by atoms with Crippen molar-refractivity contribution in [2.45, 2.75) is 0 Å². The molecular formula is C11H10N2O5S. The van der Waals surface area contributed by atoms with Gasteiger partial charge in [0, 0.05) is 5.69 Å². The predicted octanol–water partition coefficient (Wildman–Crippen LogP) is 0.877. The molecule has 1 heterocycles. The first-order valence-corrected chi connectivity index (χ1v) is 6.42. The van der Waals surface area contributed by atoms with E-state index in [-0.39, 0.29) is 17.4 Å². The molecule has 0 unspecified atom stereocenters. The fraction of sp³-hybridized carbons (Fsp3) is 0.182. The van der Waals surface area contributed by atoms with Gasteiger partial charge < -0.3 is 14.8 Å². The molecule has 0 aliphatic rings. The van der Waals surface area contributed by atoms with Gasteiger partial charge in [-0.15, -0.1) is 11.8 Å². The van der Waals surface area contributed by atoms with E-state index in [4.69, 9.17) is 9.52 Å². The van der Waals surface area contributed by atoms with Crippen LogP contribution in [0.5, 0.6) is 0 Å². The molecule has 0 bridgehead atoms. The molecule has 0 atom stereocenters. The molecule has 8 heteroatoms. The van der Waals surface area contributed by atoms with Gasteiger partial charge in [0.15, 0.2) is 5.58 Å². The highest BCUT2D eigenvalue weighted by Crippen LogP contribution is 2.16. The van der Waals surface area contributed by atoms with Crippen molar-refractivity contribution in [3.05, 3.63) is 28.7 Å². The number of fused-ring (bicyclic) bond motifs is 1. The zero-order valence-corrected chi connectivity index (χ0v) is 10.5. The number of aromatic amines is 1. The lowest BCUT2D eigenvalue weighted by molar-refractivity contribution is -0.133. The van der Waals surface area contributed by atoms with E-state index in [0.29, 0.717) is 16.8 Å². The highest BCUT2D eigenvalue weighted by atomic mass is 32.2. The average Bonchev–Trinajstić information content (AvgIpc) is 2.67. The Kier molecular flexibility index (Phi) is 3.91. The number of hydrogen-bond donors (Lipinski definition) is 3. The van der Waals surface area contributed by atoms with Gasteiger partial charge in [0.2, 0.25) is 5.91 Å². The van der Waals surface area contributed by atoms with Crippen LogP contribution in [-0.2, 0) is 9.59 Å². The number of aliphatic carboxylic acids is 1. The molecule has 7 nitrogen and oxygen atoms in total. The molecule has 0 saturated heterocycles. The number of thioether (sulfide) groups is 1. The van der Waals surface area contributed by atoms with Gasteiger partial charge in [-0.2, -0.15) is 0 Å². The molecule has 100 valence electrons. The van der Waals surface area contributed by atoms with E-state index in [1.807, 2.05) is 0 Å². The number of oxazole rings is 1. The zero-order chi connectivity index (χ0) is 13.8. The lowest BCUT2D eigenvalue weighted by Crippen LogP contribution is -2.15.